The molecule has 1 aliphatic heterocycles. The first-order valence-electron chi connectivity index (χ1n) is 12.5. The van der Waals surface area contributed by atoms with Gasteiger partial charge in [0.25, 0.3) is 5.91 Å². The van der Waals surface area contributed by atoms with Crippen molar-refractivity contribution in [2.75, 3.05) is 24.6 Å². The Kier molecular flexibility index (Phi) is 6.99. The molecule has 0 bridgehead atoms. The second-order valence-corrected chi connectivity index (χ2v) is 9.50. The SMILES string of the molecule is CC(C)OC(C)CNC(=O)c1cc(OC[C@H]2CCCN2c2ncnc3nc[nH]c23)c2ccccc2c1. The van der Waals surface area contributed by atoms with Crippen LogP contribution in [0.1, 0.15) is 44.0 Å². The Morgan fingerprint density at radius 1 is 1.19 bits per heavy atom. The number of H-pyrrole nitrogens is 1. The van der Waals surface area contributed by atoms with E-state index in [-0.39, 0.29) is 24.2 Å². The third-order valence-corrected chi connectivity index (χ3v) is 6.42. The molecule has 0 spiro atoms. The van der Waals surface area contributed by atoms with Crippen LogP contribution in [0.25, 0.3) is 21.9 Å². The molecule has 9 heteroatoms. The van der Waals surface area contributed by atoms with Crippen molar-refractivity contribution in [1.82, 2.24) is 25.3 Å². The minimum absolute atomic E-state index is 0.0680. The number of rotatable bonds is 9. The molecule has 9 nitrogen and oxygen atoms in total. The molecular weight excluding hydrogens is 456 g/mol. The summed E-state index contributed by atoms with van der Waals surface area (Å²) in [5, 5.41) is 4.93. The van der Waals surface area contributed by atoms with Gasteiger partial charge in [-0.15, -0.1) is 0 Å². The molecule has 1 saturated heterocycles. The van der Waals surface area contributed by atoms with Gasteiger partial charge in [-0.2, -0.15) is 0 Å². The maximum Gasteiger partial charge on any atom is 0.251 e. The Hall–Kier alpha value is -3.72. The van der Waals surface area contributed by atoms with E-state index in [1.54, 1.807) is 12.7 Å². The molecule has 2 aromatic heterocycles. The first kappa shape index (κ1) is 24.0. The van der Waals surface area contributed by atoms with E-state index in [4.69, 9.17) is 9.47 Å². The second kappa shape index (κ2) is 10.5. The number of aromatic amines is 1. The second-order valence-electron chi connectivity index (χ2n) is 9.50. The summed E-state index contributed by atoms with van der Waals surface area (Å²) in [6, 6.07) is 11.9. The molecule has 2 N–H and O–H groups in total. The lowest BCUT2D eigenvalue weighted by Crippen LogP contribution is -2.35. The van der Waals surface area contributed by atoms with Gasteiger partial charge in [0.2, 0.25) is 0 Å². The largest absolute Gasteiger partial charge is 0.491 e. The fourth-order valence-electron chi connectivity index (χ4n) is 4.82. The fraction of sp³-hybridized carbons (Fsp3) is 0.407. The Labute approximate surface area is 210 Å². The number of fused-ring (bicyclic) bond motifs is 2. The smallest absolute Gasteiger partial charge is 0.251 e. The summed E-state index contributed by atoms with van der Waals surface area (Å²) in [6.07, 6.45) is 5.28. The fourth-order valence-corrected chi connectivity index (χ4v) is 4.82. The van der Waals surface area contributed by atoms with E-state index < -0.39 is 0 Å². The molecule has 1 aliphatic rings. The highest BCUT2D eigenvalue weighted by Gasteiger charge is 2.28. The van der Waals surface area contributed by atoms with E-state index in [1.807, 2.05) is 57.2 Å². The van der Waals surface area contributed by atoms with Crippen molar-refractivity contribution < 1.29 is 14.3 Å². The zero-order chi connectivity index (χ0) is 25.1. The monoisotopic (exact) mass is 488 g/mol. The highest BCUT2D eigenvalue weighted by molar-refractivity contribution is 6.00. The van der Waals surface area contributed by atoms with Crippen molar-refractivity contribution in [2.24, 2.45) is 0 Å². The van der Waals surface area contributed by atoms with E-state index in [1.165, 1.54) is 0 Å². The summed E-state index contributed by atoms with van der Waals surface area (Å²) in [5.41, 5.74) is 2.06. The topological polar surface area (TPSA) is 105 Å². The van der Waals surface area contributed by atoms with E-state index in [0.717, 1.165) is 41.5 Å². The number of ether oxygens (including phenoxy) is 2. The molecule has 3 heterocycles. The molecule has 0 aliphatic carbocycles. The Balaban J connectivity index is 1.34. The zero-order valence-corrected chi connectivity index (χ0v) is 20.9. The number of carbonyl (C=O) groups is 1. The van der Waals surface area contributed by atoms with Crippen molar-refractivity contribution in [3.05, 3.63) is 54.6 Å². The van der Waals surface area contributed by atoms with Crippen LogP contribution in [0, 0.1) is 0 Å². The van der Waals surface area contributed by atoms with Crippen LogP contribution >= 0.6 is 0 Å². The quantitative estimate of drug-likeness (QED) is 0.365. The van der Waals surface area contributed by atoms with Crippen LogP contribution in [0.15, 0.2) is 49.1 Å². The maximum absolute atomic E-state index is 13.0. The molecule has 36 heavy (non-hydrogen) atoms. The van der Waals surface area contributed by atoms with Crippen LogP contribution in [0.2, 0.25) is 0 Å². The number of amides is 1. The van der Waals surface area contributed by atoms with Gasteiger partial charge in [0.15, 0.2) is 11.5 Å². The average molecular weight is 489 g/mol. The van der Waals surface area contributed by atoms with Crippen molar-refractivity contribution in [1.29, 1.82) is 0 Å². The molecule has 2 atom stereocenters. The number of benzene rings is 2. The van der Waals surface area contributed by atoms with Gasteiger partial charge in [-0.05, 0) is 51.1 Å². The van der Waals surface area contributed by atoms with Gasteiger partial charge < -0.3 is 24.7 Å². The van der Waals surface area contributed by atoms with Crippen LogP contribution < -0.4 is 15.0 Å². The van der Waals surface area contributed by atoms with E-state index in [2.05, 4.69) is 30.2 Å². The summed E-state index contributed by atoms with van der Waals surface area (Å²) in [7, 11) is 0. The number of hydrogen-bond donors (Lipinski definition) is 2. The van der Waals surface area contributed by atoms with Crippen LogP contribution in [0.5, 0.6) is 5.75 Å². The third kappa shape index (κ3) is 5.11. The standard InChI is InChI=1S/C27H32N6O3/c1-17(2)36-18(3)13-28-27(34)20-11-19-7-4-5-9-22(19)23(12-20)35-14-21-8-6-10-33(21)26-24-25(30-15-29-24)31-16-32-26/h4-5,7,9,11-12,15-18,21H,6,8,10,13-14H2,1-3H3,(H,28,34)(H,29,30,31,32)/t18?,21-/m1/s1. The van der Waals surface area contributed by atoms with Crippen molar-refractivity contribution >= 4 is 33.7 Å². The van der Waals surface area contributed by atoms with Crippen LogP contribution in [-0.4, -0.2) is 63.8 Å². The Morgan fingerprint density at radius 3 is 2.92 bits per heavy atom. The molecule has 5 rings (SSSR count). The lowest BCUT2D eigenvalue weighted by Gasteiger charge is -2.26. The number of aromatic nitrogens is 4. The summed E-state index contributed by atoms with van der Waals surface area (Å²) in [5.74, 6) is 1.40. The first-order valence-corrected chi connectivity index (χ1v) is 12.5. The van der Waals surface area contributed by atoms with Crippen LogP contribution in [0.4, 0.5) is 5.82 Å². The number of nitrogens with zero attached hydrogens (tertiary/aromatic N) is 4. The van der Waals surface area contributed by atoms with Gasteiger partial charge in [-0.1, -0.05) is 24.3 Å². The lowest BCUT2D eigenvalue weighted by atomic mass is 10.1. The number of hydrogen-bond acceptors (Lipinski definition) is 7. The summed E-state index contributed by atoms with van der Waals surface area (Å²) < 4.78 is 12.1. The number of carbonyl (C=O) groups excluding carboxylic acids is 1. The molecule has 4 aromatic rings. The highest BCUT2D eigenvalue weighted by Crippen LogP contribution is 2.31. The van der Waals surface area contributed by atoms with Gasteiger partial charge in [0.1, 0.15) is 24.2 Å². The summed E-state index contributed by atoms with van der Waals surface area (Å²) in [6.45, 7) is 7.74. The number of imidazole rings is 1. The van der Waals surface area contributed by atoms with E-state index >= 15 is 0 Å². The molecule has 0 radical (unpaired) electrons. The molecular formula is C27H32N6O3. The molecule has 188 valence electrons. The highest BCUT2D eigenvalue weighted by atomic mass is 16.5. The molecule has 2 aromatic carbocycles. The number of nitrogens with one attached hydrogen (secondary N) is 2. The number of anilines is 1. The minimum atomic E-state index is -0.144. The zero-order valence-electron chi connectivity index (χ0n) is 20.9. The van der Waals surface area contributed by atoms with E-state index in [9.17, 15) is 4.79 Å². The molecule has 1 unspecified atom stereocenters. The normalized spacial score (nSPS) is 16.7. The summed E-state index contributed by atoms with van der Waals surface area (Å²) in [4.78, 5) is 31.4. The van der Waals surface area contributed by atoms with Crippen molar-refractivity contribution in [3.63, 3.8) is 0 Å². The maximum atomic E-state index is 13.0. The minimum Gasteiger partial charge on any atom is -0.491 e. The summed E-state index contributed by atoms with van der Waals surface area (Å²) >= 11 is 0. The molecule has 1 amide bonds. The Bertz CT molecular complexity index is 1350. The van der Waals surface area contributed by atoms with Crippen molar-refractivity contribution in [3.8, 4) is 5.75 Å². The predicted molar refractivity (Wildman–Crippen MR) is 140 cm³/mol. The van der Waals surface area contributed by atoms with Crippen molar-refractivity contribution in [2.45, 2.75) is 51.9 Å². The van der Waals surface area contributed by atoms with Gasteiger partial charge in [0, 0.05) is 24.0 Å². The molecule has 1 fully saturated rings. The van der Waals surface area contributed by atoms with Gasteiger partial charge >= 0.3 is 0 Å². The molecule has 0 saturated carbocycles. The third-order valence-electron chi connectivity index (χ3n) is 6.42. The predicted octanol–water partition coefficient (Wildman–Crippen LogP) is 4.10. The van der Waals surface area contributed by atoms with Crippen LogP contribution in [0.3, 0.4) is 0 Å². The van der Waals surface area contributed by atoms with E-state index in [0.29, 0.717) is 30.1 Å². The van der Waals surface area contributed by atoms with Gasteiger partial charge in [-0.25, -0.2) is 15.0 Å². The first-order chi connectivity index (χ1) is 17.5. The lowest BCUT2D eigenvalue weighted by molar-refractivity contribution is 0.0194. The van der Waals surface area contributed by atoms with Crippen LogP contribution in [-0.2, 0) is 4.74 Å². The van der Waals surface area contributed by atoms with Gasteiger partial charge in [-0.3, -0.25) is 4.79 Å². The average Bonchev–Trinajstić information content (AvgIpc) is 3.54. The Morgan fingerprint density at radius 2 is 2.06 bits per heavy atom. The van der Waals surface area contributed by atoms with Gasteiger partial charge in [0.05, 0.1) is 24.6 Å².